The number of benzene rings is 1. The first-order chi connectivity index (χ1) is 13.7. The van der Waals surface area contributed by atoms with Gasteiger partial charge >= 0.3 is 0 Å². The molecule has 3 heterocycles. The van der Waals surface area contributed by atoms with Crippen LogP contribution in [0, 0.1) is 0 Å². The maximum Gasteiger partial charge on any atom is 0.220 e. The van der Waals surface area contributed by atoms with E-state index in [1.165, 1.54) is 0 Å². The van der Waals surface area contributed by atoms with E-state index in [0.29, 0.717) is 22.7 Å². The second-order valence-corrected chi connectivity index (χ2v) is 7.31. The van der Waals surface area contributed by atoms with Crippen molar-refractivity contribution in [1.82, 2.24) is 9.97 Å². The summed E-state index contributed by atoms with van der Waals surface area (Å²) in [6.07, 6.45) is 4.91. The van der Waals surface area contributed by atoms with E-state index in [1.54, 1.807) is 35.6 Å². The van der Waals surface area contributed by atoms with Gasteiger partial charge in [0, 0.05) is 36.3 Å². The molecule has 9 heteroatoms. The lowest BCUT2D eigenvalue weighted by Crippen LogP contribution is -2.36. The molecule has 0 saturated carbocycles. The van der Waals surface area contributed by atoms with E-state index in [2.05, 4.69) is 14.9 Å². The number of anilines is 1. The largest absolute Gasteiger partial charge is 0.485 e. The minimum atomic E-state index is -0.660. The Morgan fingerprint density at radius 2 is 2.04 bits per heavy atom. The van der Waals surface area contributed by atoms with Gasteiger partial charge in [0.1, 0.15) is 17.4 Å². The lowest BCUT2D eigenvalue weighted by atomic mass is 10.3. The predicted octanol–water partition coefficient (Wildman–Crippen LogP) is 2.02. The summed E-state index contributed by atoms with van der Waals surface area (Å²) in [4.78, 5) is 12.1. The Kier molecular flexibility index (Phi) is 5.87. The van der Waals surface area contributed by atoms with E-state index >= 15 is 0 Å². The van der Waals surface area contributed by atoms with Crippen LogP contribution in [0.4, 0.5) is 5.13 Å². The molecule has 0 unspecified atom stereocenters. The molecule has 0 radical (unpaired) electrons. The molecule has 0 atom stereocenters. The van der Waals surface area contributed by atoms with E-state index in [1.807, 2.05) is 12.3 Å². The number of rotatable bonds is 7. The number of hydrogen-bond acceptors (Lipinski definition) is 9. The number of ether oxygens (including phenoxy) is 2. The summed E-state index contributed by atoms with van der Waals surface area (Å²) < 4.78 is 16.6. The summed E-state index contributed by atoms with van der Waals surface area (Å²) in [5.74, 6) is 0.985. The molecular formula is C19H21N3O5S. The van der Waals surface area contributed by atoms with E-state index < -0.39 is 6.10 Å². The van der Waals surface area contributed by atoms with Crippen molar-refractivity contribution in [3.8, 4) is 5.75 Å². The molecule has 1 fully saturated rings. The zero-order valence-corrected chi connectivity index (χ0v) is 16.0. The van der Waals surface area contributed by atoms with Crippen LogP contribution in [0.2, 0.25) is 0 Å². The van der Waals surface area contributed by atoms with E-state index in [0.717, 1.165) is 36.3 Å². The highest BCUT2D eigenvalue weighted by atomic mass is 32.1. The SMILES string of the molecule is OCC(CO)Oc1ccc2nc(/C=C/c3cnc(N4CCOCC4)s3)oc2c1. The fraction of sp³-hybridized carbons (Fsp3) is 0.368. The Hall–Kier alpha value is -2.46. The summed E-state index contributed by atoms with van der Waals surface area (Å²) in [6.45, 7) is 2.66. The number of morpholine rings is 1. The smallest absolute Gasteiger partial charge is 0.220 e. The Bertz CT molecular complexity index is 944. The summed E-state index contributed by atoms with van der Waals surface area (Å²) in [5.41, 5.74) is 1.28. The molecule has 2 N–H and O–H groups in total. The highest BCUT2D eigenvalue weighted by molar-refractivity contribution is 7.16. The Balaban J connectivity index is 1.46. The fourth-order valence-corrected chi connectivity index (χ4v) is 3.67. The topological polar surface area (TPSA) is 101 Å². The maximum atomic E-state index is 9.12. The average Bonchev–Trinajstić information content (AvgIpc) is 3.37. The minimum absolute atomic E-state index is 0.264. The zero-order chi connectivity index (χ0) is 19.3. The van der Waals surface area contributed by atoms with Crippen molar-refractivity contribution in [1.29, 1.82) is 0 Å². The molecular weight excluding hydrogens is 382 g/mol. The molecule has 0 aliphatic carbocycles. The lowest BCUT2D eigenvalue weighted by molar-refractivity contribution is 0.0630. The number of fused-ring (bicyclic) bond motifs is 1. The van der Waals surface area contributed by atoms with Gasteiger partial charge in [-0.15, -0.1) is 0 Å². The number of aliphatic hydroxyl groups is 2. The van der Waals surface area contributed by atoms with Gasteiger partial charge in [-0.3, -0.25) is 0 Å². The Morgan fingerprint density at radius 1 is 1.21 bits per heavy atom. The van der Waals surface area contributed by atoms with Crippen molar-refractivity contribution in [2.45, 2.75) is 6.10 Å². The number of hydrogen-bond donors (Lipinski definition) is 2. The lowest BCUT2D eigenvalue weighted by Gasteiger charge is -2.25. The van der Waals surface area contributed by atoms with Crippen LogP contribution in [0.15, 0.2) is 28.8 Å². The van der Waals surface area contributed by atoms with Crippen LogP contribution in [0.3, 0.4) is 0 Å². The maximum absolute atomic E-state index is 9.12. The van der Waals surface area contributed by atoms with Crippen molar-refractivity contribution in [3.63, 3.8) is 0 Å². The molecule has 8 nitrogen and oxygen atoms in total. The molecule has 4 rings (SSSR count). The first-order valence-electron chi connectivity index (χ1n) is 9.01. The quantitative estimate of drug-likeness (QED) is 0.618. The number of oxazole rings is 1. The van der Waals surface area contributed by atoms with Gasteiger partial charge in [-0.1, -0.05) is 11.3 Å². The van der Waals surface area contributed by atoms with Gasteiger partial charge in [0.25, 0.3) is 0 Å². The molecule has 148 valence electrons. The number of aromatic nitrogens is 2. The monoisotopic (exact) mass is 403 g/mol. The molecule has 28 heavy (non-hydrogen) atoms. The first-order valence-corrected chi connectivity index (χ1v) is 9.82. The van der Waals surface area contributed by atoms with Crippen LogP contribution >= 0.6 is 11.3 Å². The molecule has 0 amide bonds. The number of aliphatic hydroxyl groups excluding tert-OH is 2. The van der Waals surface area contributed by atoms with Gasteiger partial charge in [0.2, 0.25) is 5.89 Å². The number of nitrogens with zero attached hydrogens (tertiary/aromatic N) is 3. The van der Waals surface area contributed by atoms with Gasteiger partial charge in [0.15, 0.2) is 10.7 Å². The normalized spacial score (nSPS) is 15.2. The molecule has 0 bridgehead atoms. The van der Waals surface area contributed by atoms with Crippen molar-refractivity contribution in [2.75, 3.05) is 44.4 Å². The van der Waals surface area contributed by atoms with Crippen LogP contribution in [0.25, 0.3) is 23.3 Å². The zero-order valence-electron chi connectivity index (χ0n) is 15.2. The number of thiazole rings is 1. The standard InChI is InChI=1S/C19H21N3O5S/c23-11-14(12-24)26-13-1-3-16-17(9-13)27-18(21-16)4-2-15-10-20-19(28-15)22-5-7-25-8-6-22/h1-4,9-10,14,23-24H,5-8,11-12H2/b4-2+. The Morgan fingerprint density at radius 3 is 2.82 bits per heavy atom. The summed E-state index contributed by atoms with van der Waals surface area (Å²) in [6, 6.07) is 5.20. The van der Waals surface area contributed by atoms with Gasteiger partial charge in [-0.2, -0.15) is 0 Å². The molecule has 1 aliphatic heterocycles. The Labute approximate surface area is 165 Å². The molecule has 2 aromatic heterocycles. The second kappa shape index (κ2) is 8.70. The highest BCUT2D eigenvalue weighted by Gasteiger charge is 2.14. The van der Waals surface area contributed by atoms with Gasteiger partial charge in [0.05, 0.1) is 26.4 Å². The van der Waals surface area contributed by atoms with Crippen LogP contribution < -0.4 is 9.64 Å². The van der Waals surface area contributed by atoms with Crippen molar-refractivity contribution in [2.24, 2.45) is 0 Å². The van der Waals surface area contributed by atoms with Crippen molar-refractivity contribution in [3.05, 3.63) is 35.2 Å². The molecule has 1 aromatic carbocycles. The highest BCUT2D eigenvalue weighted by Crippen LogP contribution is 2.26. The van der Waals surface area contributed by atoms with Crippen molar-refractivity contribution < 1.29 is 24.1 Å². The minimum Gasteiger partial charge on any atom is -0.485 e. The van der Waals surface area contributed by atoms with E-state index in [4.69, 9.17) is 24.1 Å². The summed E-state index contributed by atoms with van der Waals surface area (Å²) in [7, 11) is 0. The third-order valence-electron chi connectivity index (χ3n) is 4.27. The second-order valence-electron chi connectivity index (χ2n) is 6.26. The van der Waals surface area contributed by atoms with E-state index in [-0.39, 0.29) is 13.2 Å². The van der Waals surface area contributed by atoms with Crippen LogP contribution in [-0.4, -0.2) is 65.8 Å². The molecule has 3 aromatic rings. The van der Waals surface area contributed by atoms with Crippen LogP contribution in [0.5, 0.6) is 5.75 Å². The summed E-state index contributed by atoms with van der Waals surface area (Å²) >= 11 is 1.62. The van der Waals surface area contributed by atoms with Crippen molar-refractivity contribution >= 4 is 39.7 Å². The average molecular weight is 403 g/mol. The first kappa shape index (κ1) is 18.9. The molecule has 1 aliphatic rings. The predicted molar refractivity (Wildman–Crippen MR) is 107 cm³/mol. The van der Waals surface area contributed by atoms with E-state index in [9.17, 15) is 0 Å². The molecule has 1 saturated heterocycles. The van der Waals surface area contributed by atoms with Crippen LogP contribution in [0.1, 0.15) is 10.8 Å². The summed E-state index contributed by atoms with van der Waals surface area (Å²) in [5, 5.41) is 19.2. The molecule has 0 spiro atoms. The van der Waals surface area contributed by atoms with Gasteiger partial charge < -0.3 is 29.0 Å². The third-order valence-corrected chi connectivity index (χ3v) is 5.29. The fourth-order valence-electron chi connectivity index (χ4n) is 2.80. The van der Waals surface area contributed by atoms with Gasteiger partial charge in [-0.05, 0) is 18.2 Å². The van der Waals surface area contributed by atoms with Gasteiger partial charge in [-0.25, -0.2) is 9.97 Å². The van der Waals surface area contributed by atoms with Crippen LogP contribution in [-0.2, 0) is 4.74 Å². The third kappa shape index (κ3) is 4.33.